The summed E-state index contributed by atoms with van der Waals surface area (Å²) in [5.41, 5.74) is 1.80. The molecule has 0 saturated carbocycles. The number of nitrogens with one attached hydrogen (secondary N) is 1. The fourth-order valence-electron chi connectivity index (χ4n) is 3.96. The molecule has 4 heterocycles. The van der Waals surface area contributed by atoms with Crippen LogP contribution < -0.4 is 15.0 Å². The molecule has 0 radical (unpaired) electrons. The van der Waals surface area contributed by atoms with E-state index in [1.165, 1.54) is 0 Å². The second-order valence-electron chi connectivity index (χ2n) is 7.38. The van der Waals surface area contributed by atoms with E-state index in [9.17, 15) is 4.79 Å². The summed E-state index contributed by atoms with van der Waals surface area (Å²) in [5.74, 6) is 1.83. The van der Waals surface area contributed by atoms with Gasteiger partial charge in [0.15, 0.2) is 5.65 Å². The summed E-state index contributed by atoms with van der Waals surface area (Å²) in [7, 11) is 0. The van der Waals surface area contributed by atoms with E-state index in [-0.39, 0.29) is 11.9 Å². The summed E-state index contributed by atoms with van der Waals surface area (Å²) in [5, 5.41) is 15.6. The van der Waals surface area contributed by atoms with Gasteiger partial charge in [-0.25, -0.2) is 0 Å². The molecule has 3 aromatic rings. The van der Waals surface area contributed by atoms with Gasteiger partial charge in [-0.15, -0.1) is 15.3 Å². The van der Waals surface area contributed by atoms with E-state index in [1.54, 1.807) is 10.8 Å². The number of benzene rings is 1. The molecule has 9 nitrogen and oxygen atoms in total. The second-order valence-corrected chi connectivity index (χ2v) is 7.38. The minimum Gasteiger partial charge on any atom is -0.493 e. The monoisotopic (exact) mass is 393 g/mol. The Balaban J connectivity index is 1.15. The molecule has 2 aliphatic rings. The third kappa shape index (κ3) is 3.73. The van der Waals surface area contributed by atoms with E-state index in [1.807, 2.05) is 36.4 Å². The van der Waals surface area contributed by atoms with Crippen LogP contribution in [0.3, 0.4) is 0 Å². The highest BCUT2D eigenvalue weighted by molar-refractivity contribution is 5.78. The van der Waals surface area contributed by atoms with Crippen molar-refractivity contribution in [2.45, 2.75) is 12.5 Å². The smallest absolute Gasteiger partial charge is 0.234 e. The Morgan fingerprint density at radius 1 is 1.14 bits per heavy atom. The summed E-state index contributed by atoms with van der Waals surface area (Å²) < 4.78 is 7.36. The van der Waals surface area contributed by atoms with Gasteiger partial charge in [-0.3, -0.25) is 9.69 Å². The van der Waals surface area contributed by atoms with E-state index >= 15 is 0 Å². The van der Waals surface area contributed by atoms with Crippen molar-refractivity contribution < 1.29 is 9.53 Å². The Kier molecular flexibility index (Phi) is 4.73. The van der Waals surface area contributed by atoms with Crippen molar-refractivity contribution in [3.05, 3.63) is 48.3 Å². The molecule has 0 bridgehead atoms. The van der Waals surface area contributed by atoms with Crippen LogP contribution in [0.25, 0.3) is 5.65 Å². The normalized spacial score (nSPS) is 19.6. The van der Waals surface area contributed by atoms with E-state index in [0.717, 1.165) is 55.4 Å². The largest absolute Gasteiger partial charge is 0.493 e. The maximum absolute atomic E-state index is 12.6. The molecule has 5 rings (SSSR count). The van der Waals surface area contributed by atoms with Gasteiger partial charge in [-0.2, -0.15) is 4.52 Å². The zero-order chi connectivity index (χ0) is 19.6. The molecular formula is C20H23N7O2. The quantitative estimate of drug-likeness (QED) is 0.704. The topological polar surface area (TPSA) is 87.9 Å². The number of anilines is 1. The van der Waals surface area contributed by atoms with Gasteiger partial charge in [-0.05, 0) is 18.2 Å². The molecule has 150 valence electrons. The first-order valence-corrected chi connectivity index (χ1v) is 9.92. The van der Waals surface area contributed by atoms with Crippen LogP contribution in [-0.4, -0.2) is 69.9 Å². The molecule has 1 fully saturated rings. The molecule has 2 aromatic heterocycles. The number of carbonyl (C=O) groups excluding carboxylic acids is 1. The maximum atomic E-state index is 12.6. The van der Waals surface area contributed by atoms with Gasteiger partial charge in [0, 0.05) is 38.2 Å². The summed E-state index contributed by atoms with van der Waals surface area (Å²) >= 11 is 0. The number of fused-ring (bicyclic) bond motifs is 2. The average Bonchev–Trinajstić information content (AvgIpc) is 3.22. The molecule has 9 heteroatoms. The second kappa shape index (κ2) is 7.67. The lowest BCUT2D eigenvalue weighted by atomic mass is 10.0. The minimum absolute atomic E-state index is 0.0217. The van der Waals surface area contributed by atoms with E-state index < -0.39 is 0 Å². The fraction of sp³-hybridized carbons (Fsp3) is 0.400. The van der Waals surface area contributed by atoms with Gasteiger partial charge in [0.05, 0.1) is 19.2 Å². The van der Waals surface area contributed by atoms with Crippen LogP contribution in [0.1, 0.15) is 18.0 Å². The number of piperazine rings is 1. The molecule has 0 aliphatic carbocycles. The summed E-state index contributed by atoms with van der Waals surface area (Å²) in [6.45, 7) is 4.33. The van der Waals surface area contributed by atoms with Gasteiger partial charge in [0.25, 0.3) is 0 Å². The first-order valence-electron chi connectivity index (χ1n) is 9.92. The van der Waals surface area contributed by atoms with Gasteiger partial charge < -0.3 is 15.0 Å². The predicted octanol–water partition coefficient (Wildman–Crippen LogP) is 0.886. The molecule has 1 N–H and O–H groups in total. The average molecular weight is 393 g/mol. The van der Waals surface area contributed by atoms with Crippen LogP contribution in [0.4, 0.5) is 5.82 Å². The van der Waals surface area contributed by atoms with Gasteiger partial charge in [-0.1, -0.05) is 18.2 Å². The van der Waals surface area contributed by atoms with Crippen LogP contribution in [0.5, 0.6) is 5.75 Å². The molecule has 1 aromatic carbocycles. The van der Waals surface area contributed by atoms with E-state index in [2.05, 4.69) is 30.4 Å². The molecule has 1 amide bonds. The third-order valence-electron chi connectivity index (χ3n) is 5.50. The van der Waals surface area contributed by atoms with Crippen LogP contribution in [0.15, 0.2) is 42.7 Å². The lowest BCUT2D eigenvalue weighted by Gasteiger charge is -2.35. The van der Waals surface area contributed by atoms with Gasteiger partial charge in [0.1, 0.15) is 17.9 Å². The van der Waals surface area contributed by atoms with Crippen molar-refractivity contribution in [1.82, 2.24) is 30.0 Å². The van der Waals surface area contributed by atoms with Gasteiger partial charge in [0.2, 0.25) is 5.91 Å². The van der Waals surface area contributed by atoms with Crippen molar-refractivity contribution in [3.8, 4) is 5.75 Å². The fourth-order valence-corrected chi connectivity index (χ4v) is 3.96. The molecule has 29 heavy (non-hydrogen) atoms. The number of hydrogen-bond acceptors (Lipinski definition) is 7. The molecule has 2 aliphatic heterocycles. The van der Waals surface area contributed by atoms with Crippen LogP contribution in [0, 0.1) is 0 Å². The first-order chi connectivity index (χ1) is 14.3. The number of nitrogens with zero attached hydrogens (tertiary/aromatic N) is 6. The highest BCUT2D eigenvalue weighted by Crippen LogP contribution is 2.31. The Hall–Kier alpha value is -3.20. The predicted molar refractivity (Wildman–Crippen MR) is 107 cm³/mol. The Bertz CT molecular complexity index is 1010. The minimum atomic E-state index is 0.0217. The third-order valence-corrected chi connectivity index (χ3v) is 5.50. The molecule has 1 unspecified atom stereocenters. The standard InChI is InChI=1S/C20H23N7O2/c28-20(22-16-7-12-29-17-4-2-1-3-15(16)17)13-25-8-10-26(11-9-25)19-6-5-18-23-21-14-27(18)24-19/h1-6,14,16H,7-13H2,(H,22,28). The highest BCUT2D eigenvalue weighted by Gasteiger charge is 2.25. The maximum Gasteiger partial charge on any atom is 0.234 e. The van der Waals surface area contributed by atoms with Crippen molar-refractivity contribution in [2.24, 2.45) is 0 Å². The summed E-state index contributed by atoms with van der Waals surface area (Å²) in [6, 6.07) is 11.8. The van der Waals surface area contributed by atoms with Crippen molar-refractivity contribution >= 4 is 17.4 Å². The van der Waals surface area contributed by atoms with E-state index in [0.29, 0.717) is 13.2 Å². The SMILES string of the molecule is O=C(CN1CCN(c2ccc3nncn3n2)CC1)NC1CCOc2ccccc21. The van der Waals surface area contributed by atoms with Gasteiger partial charge >= 0.3 is 0 Å². The van der Waals surface area contributed by atoms with Crippen molar-refractivity contribution in [1.29, 1.82) is 0 Å². The number of para-hydroxylation sites is 1. The first kappa shape index (κ1) is 17.9. The van der Waals surface area contributed by atoms with E-state index in [4.69, 9.17) is 4.74 Å². The number of aromatic nitrogens is 4. The Morgan fingerprint density at radius 2 is 2.00 bits per heavy atom. The summed E-state index contributed by atoms with van der Waals surface area (Å²) in [4.78, 5) is 17.0. The van der Waals surface area contributed by atoms with Crippen LogP contribution >= 0.6 is 0 Å². The number of amides is 1. The Morgan fingerprint density at radius 3 is 2.90 bits per heavy atom. The molecular weight excluding hydrogens is 370 g/mol. The number of hydrogen-bond donors (Lipinski definition) is 1. The highest BCUT2D eigenvalue weighted by atomic mass is 16.5. The van der Waals surface area contributed by atoms with Crippen LogP contribution in [-0.2, 0) is 4.79 Å². The number of ether oxygens (including phenoxy) is 1. The molecule has 1 saturated heterocycles. The lowest BCUT2D eigenvalue weighted by Crippen LogP contribution is -2.50. The molecule has 0 spiro atoms. The Labute approximate surface area is 168 Å². The zero-order valence-electron chi connectivity index (χ0n) is 16.1. The lowest BCUT2D eigenvalue weighted by molar-refractivity contribution is -0.123. The molecule has 1 atom stereocenters. The van der Waals surface area contributed by atoms with Crippen molar-refractivity contribution in [3.63, 3.8) is 0 Å². The zero-order valence-corrected chi connectivity index (χ0v) is 16.1. The number of rotatable bonds is 4. The number of carbonyl (C=O) groups is 1. The summed E-state index contributed by atoms with van der Waals surface area (Å²) in [6.07, 6.45) is 2.40. The van der Waals surface area contributed by atoms with Crippen LogP contribution in [0.2, 0.25) is 0 Å². The van der Waals surface area contributed by atoms with Crippen molar-refractivity contribution in [2.75, 3.05) is 44.2 Å².